The Morgan fingerprint density at radius 3 is 2.24 bits per heavy atom. The number of hydrogen-bond acceptors (Lipinski definition) is 1. The molecule has 0 aliphatic heterocycles. The van der Waals surface area contributed by atoms with E-state index in [2.05, 4.69) is 93.5 Å². The zero-order valence-corrected chi connectivity index (χ0v) is 15.7. The Bertz CT molecular complexity index is 578. The van der Waals surface area contributed by atoms with Crippen LogP contribution < -0.4 is 5.32 Å². The van der Waals surface area contributed by atoms with Gasteiger partial charge in [0.25, 0.3) is 0 Å². The standard InChI is InChI=1S/C18H21Br2N/c1-3-13-5-7-14(8-6-13)11-18(21-4-2)16-12-15(19)9-10-17(16)20/h5-10,12,18,21H,3-4,11H2,1-2H3. The molecule has 21 heavy (non-hydrogen) atoms. The first-order valence-corrected chi connectivity index (χ1v) is 8.98. The first-order chi connectivity index (χ1) is 10.1. The largest absolute Gasteiger partial charge is 0.310 e. The topological polar surface area (TPSA) is 12.0 Å². The molecule has 0 aliphatic rings. The number of aryl methyl sites for hydroxylation is 1. The Morgan fingerprint density at radius 2 is 1.62 bits per heavy atom. The lowest BCUT2D eigenvalue weighted by Crippen LogP contribution is -2.23. The SMILES string of the molecule is CCNC(Cc1ccc(CC)cc1)c1cc(Br)ccc1Br. The molecule has 2 rings (SSSR count). The minimum atomic E-state index is 0.314. The van der Waals surface area contributed by atoms with Crippen LogP contribution in [0.5, 0.6) is 0 Å². The number of nitrogens with one attached hydrogen (secondary N) is 1. The van der Waals surface area contributed by atoms with Gasteiger partial charge in [0.1, 0.15) is 0 Å². The molecule has 0 saturated heterocycles. The van der Waals surface area contributed by atoms with E-state index in [9.17, 15) is 0 Å². The summed E-state index contributed by atoms with van der Waals surface area (Å²) in [6.07, 6.45) is 2.08. The van der Waals surface area contributed by atoms with Gasteiger partial charge in [0.2, 0.25) is 0 Å². The van der Waals surface area contributed by atoms with Crippen LogP contribution in [0.3, 0.4) is 0 Å². The van der Waals surface area contributed by atoms with Gasteiger partial charge >= 0.3 is 0 Å². The summed E-state index contributed by atoms with van der Waals surface area (Å²) in [6.45, 7) is 5.30. The third-order valence-electron chi connectivity index (χ3n) is 3.66. The van der Waals surface area contributed by atoms with Crippen molar-refractivity contribution in [3.05, 3.63) is 68.1 Å². The molecule has 0 aromatic heterocycles. The average molecular weight is 411 g/mol. The smallest absolute Gasteiger partial charge is 0.0372 e. The molecular formula is C18H21Br2N. The first-order valence-electron chi connectivity index (χ1n) is 7.40. The van der Waals surface area contributed by atoms with Crippen molar-refractivity contribution in [2.24, 2.45) is 0 Å². The Balaban J connectivity index is 2.23. The predicted octanol–water partition coefficient (Wildman–Crippen LogP) is 5.67. The van der Waals surface area contributed by atoms with Crippen LogP contribution >= 0.6 is 31.9 Å². The molecule has 0 heterocycles. The molecule has 2 aromatic carbocycles. The molecular weight excluding hydrogens is 390 g/mol. The van der Waals surface area contributed by atoms with Crippen molar-refractivity contribution in [1.29, 1.82) is 0 Å². The lowest BCUT2D eigenvalue weighted by atomic mass is 9.98. The highest BCUT2D eigenvalue weighted by Crippen LogP contribution is 2.29. The second-order valence-corrected chi connectivity index (χ2v) is 6.92. The molecule has 1 unspecified atom stereocenters. The highest BCUT2D eigenvalue weighted by Gasteiger charge is 2.14. The van der Waals surface area contributed by atoms with Gasteiger partial charge in [-0.05, 0) is 54.3 Å². The van der Waals surface area contributed by atoms with Gasteiger partial charge in [-0.3, -0.25) is 0 Å². The van der Waals surface area contributed by atoms with Crippen molar-refractivity contribution in [2.45, 2.75) is 32.7 Å². The number of rotatable bonds is 6. The second kappa shape index (κ2) is 8.11. The van der Waals surface area contributed by atoms with Crippen LogP contribution in [-0.4, -0.2) is 6.54 Å². The summed E-state index contributed by atoms with van der Waals surface area (Å²) in [5.41, 5.74) is 4.05. The van der Waals surface area contributed by atoms with Gasteiger partial charge in [0, 0.05) is 15.0 Å². The van der Waals surface area contributed by atoms with Crippen LogP contribution in [-0.2, 0) is 12.8 Å². The third kappa shape index (κ3) is 4.67. The number of benzene rings is 2. The monoisotopic (exact) mass is 409 g/mol. The second-order valence-electron chi connectivity index (χ2n) is 5.15. The molecule has 0 radical (unpaired) electrons. The van der Waals surface area contributed by atoms with Gasteiger partial charge in [-0.1, -0.05) is 70.0 Å². The molecule has 0 fully saturated rings. The van der Waals surface area contributed by atoms with Crippen LogP contribution in [0.1, 0.15) is 36.6 Å². The fraction of sp³-hybridized carbons (Fsp3) is 0.333. The van der Waals surface area contributed by atoms with Crippen molar-refractivity contribution in [3.8, 4) is 0 Å². The fourth-order valence-electron chi connectivity index (χ4n) is 2.47. The van der Waals surface area contributed by atoms with E-state index in [4.69, 9.17) is 0 Å². The van der Waals surface area contributed by atoms with Crippen molar-refractivity contribution in [2.75, 3.05) is 6.54 Å². The van der Waals surface area contributed by atoms with Crippen molar-refractivity contribution in [3.63, 3.8) is 0 Å². The third-order valence-corrected chi connectivity index (χ3v) is 4.87. The Morgan fingerprint density at radius 1 is 0.952 bits per heavy atom. The highest BCUT2D eigenvalue weighted by atomic mass is 79.9. The molecule has 0 amide bonds. The van der Waals surface area contributed by atoms with Gasteiger partial charge in [-0.2, -0.15) is 0 Å². The van der Waals surface area contributed by atoms with E-state index < -0.39 is 0 Å². The summed E-state index contributed by atoms with van der Waals surface area (Å²) in [5, 5.41) is 3.59. The lowest BCUT2D eigenvalue weighted by Gasteiger charge is -2.20. The van der Waals surface area contributed by atoms with E-state index >= 15 is 0 Å². The van der Waals surface area contributed by atoms with Crippen LogP contribution in [0.25, 0.3) is 0 Å². The summed E-state index contributed by atoms with van der Waals surface area (Å²) in [7, 11) is 0. The van der Waals surface area contributed by atoms with E-state index in [-0.39, 0.29) is 0 Å². The Labute approximate surface area is 144 Å². The predicted molar refractivity (Wildman–Crippen MR) is 97.8 cm³/mol. The molecule has 0 saturated carbocycles. The summed E-state index contributed by atoms with van der Waals surface area (Å²) >= 11 is 7.25. The Kier molecular flexibility index (Phi) is 6.46. The van der Waals surface area contributed by atoms with Gasteiger partial charge in [0.05, 0.1) is 0 Å². The van der Waals surface area contributed by atoms with Crippen molar-refractivity contribution < 1.29 is 0 Å². The maximum atomic E-state index is 3.68. The minimum Gasteiger partial charge on any atom is -0.310 e. The highest BCUT2D eigenvalue weighted by molar-refractivity contribution is 9.11. The molecule has 112 valence electrons. The van der Waals surface area contributed by atoms with E-state index in [1.165, 1.54) is 16.7 Å². The van der Waals surface area contributed by atoms with Gasteiger partial charge in [-0.15, -0.1) is 0 Å². The first kappa shape index (κ1) is 16.7. The van der Waals surface area contributed by atoms with Crippen LogP contribution in [0.15, 0.2) is 51.4 Å². The number of hydrogen-bond donors (Lipinski definition) is 1. The van der Waals surface area contributed by atoms with Gasteiger partial charge in [0.15, 0.2) is 0 Å². The molecule has 1 atom stereocenters. The van der Waals surface area contributed by atoms with Gasteiger partial charge < -0.3 is 5.32 Å². The zero-order chi connectivity index (χ0) is 15.2. The molecule has 0 bridgehead atoms. The molecule has 0 spiro atoms. The lowest BCUT2D eigenvalue weighted by molar-refractivity contribution is 0.547. The van der Waals surface area contributed by atoms with Crippen LogP contribution in [0, 0.1) is 0 Å². The number of likely N-dealkylation sites (N-methyl/N-ethyl adjacent to an activating group) is 1. The molecule has 1 nitrogen and oxygen atoms in total. The number of halogens is 2. The maximum absolute atomic E-state index is 3.68. The summed E-state index contributed by atoms with van der Waals surface area (Å²) in [4.78, 5) is 0. The normalized spacial score (nSPS) is 12.4. The maximum Gasteiger partial charge on any atom is 0.0372 e. The molecule has 1 N–H and O–H groups in total. The van der Waals surface area contributed by atoms with Crippen molar-refractivity contribution >= 4 is 31.9 Å². The zero-order valence-electron chi connectivity index (χ0n) is 12.5. The quantitative estimate of drug-likeness (QED) is 0.646. The fourth-order valence-corrected chi connectivity index (χ4v) is 3.37. The van der Waals surface area contributed by atoms with Gasteiger partial charge in [-0.25, -0.2) is 0 Å². The van der Waals surface area contributed by atoms with E-state index in [1.54, 1.807) is 0 Å². The average Bonchev–Trinajstić information content (AvgIpc) is 2.50. The summed E-state index contributed by atoms with van der Waals surface area (Å²) in [6, 6.07) is 15.6. The van der Waals surface area contributed by atoms with Crippen molar-refractivity contribution in [1.82, 2.24) is 5.32 Å². The minimum absolute atomic E-state index is 0.314. The van der Waals surface area contributed by atoms with E-state index in [0.717, 1.165) is 28.3 Å². The summed E-state index contributed by atoms with van der Waals surface area (Å²) < 4.78 is 2.27. The molecule has 0 aliphatic carbocycles. The Hall–Kier alpha value is -0.640. The van der Waals surface area contributed by atoms with Crippen LogP contribution in [0.2, 0.25) is 0 Å². The molecule has 3 heteroatoms. The van der Waals surface area contributed by atoms with E-state index in [0.29, 0.717) is 6.04 Å². The van der Waals surface area contributed by atoms with Crippen LogP contribution in [0.4, 0.5) is 0 Å². The molecule has 2 aromatic rings. The van der Waals surface area contributed by atoms with E-state index in [1.807, 2.05) is 0 Å². The summed E-state index contributed by atoms with van der Waals surface area (Å²) in [5.74, 6) is 0.